The average molecular weight is 290 g/mol. The Bertz CT molecular complexity index is 362. The molecule has 1 aromatic rings. The summed E-state index contributed by atoms with van der Waals surface area (Å²) >= 11 is 3.33. The number of nitrogens with zero attached hydrogens (tertiary/aromatic N) is 2. The fourth-order valence-electron chi connectivity index (χ4n) is 1.06. The van der Waals surface area contributed by atoms with Gasteiger partial charge in [0.25, 0.3) is 0 Å². The predicted octanol–water partition coefficient (Wildman–Crippen LogP) is 2.21. The smallest absolute Gasteiger partial charge is 0.407 e. The van der Waals surface area contributed by atoms with Crippen molar-refractivity contribution in [2.75, 3.05) is 0 Å². The number of amides is 1. The summed E-state index contributed by atoms with van der Waals surface area (Å²) in [4.78, 5) is 11.3. The molecule has 0 saturated heterocycles. The predicted molar refractivity (Wildman–Crippen MR) is 64.0 cm³/mol. The summed E-state index contributed by atoms with van der Waals surface area (Å²) < 4.78 is 7.66. The average Bonchev–Trinajstić information content (AvgIpc) is 2.40. The van der Waals surface area contributed by atoms with Crippen LogP contribution in [0.25, 0.3) is 0 Å². The minimum atomic E-state index is -0.477. The fourth-order valence-corrected chi connectivity index (χ4v) is 1.41. The number of halogens is 1. The van der Waals surface area contributed by atoms with E-state index in [-0.39, 0.29) is 0 Å². The second-order valence-electron chi connectivity index (χ2n) is 4.44. The minimum absolute atomic E-state index is 0.356. The van der Waals surface area contributed by atoms with Crippen LogP contribution in [0.3, 0.4) is 0 Å². The molecule has 1 N–H and O–H groups in total. The molecule has 1 aromatic heterocycles. The van der Waals surface area contributed by atoms with Crippen LogP contribution in [-0.4, -0.2) is 21.5 Å². The van der Waals surface area contributed by atoms with Crippen molar-refractivity contribution in [2.45, 2.75) is 32.9 Å². The second-order valence-corrected chi connectivity index (χ2v) is 5.25. The molecule has 1 rings (SSSR count). The Hall–Kier alpha value is -1.04. The van der Waals surface area contributed by atoms with Crippen LogP contribution >= 0.6 is 15.9 Å². The van der Waals surface area contributed by atoms with Crippen molar-refractivity contribution in [3.63, 3.8) is 0 Å². The van der Waals surface area contributed by atoms with Gasteiger partial charge in [-0.05, 0) is 42.8 Å². The van der Waals surface area contributed by atoms with Gasteiger partial charge in [0, 0.05) is 7.05 Å². The summed E-state index contributed by atoms with van der Waals surface area (Å²) in [5.41, 5.74) is 0.301. The lowest BCUT2D eigenvalue weighted by Crippen LogP contribution is -2.32. The first kappa shape index (κ1) is 13.0. The normalized spacial score (nSPS) is 11.3. The monoisotopic (exact) mass is 289 g/mol. The van der Waals surface area contributed by atoms with Crippen molar-refractivity contribution in [1.82, 2.24) is 15.1 Å². The van der Waals surface area contributed by atoms with Gasteiger partial charge in [-0.25, -0.2) is 4.79 Å². The SMILES string of the molecule is Cn1nc(CNC(=O)OC(C)(C)C)cc1Br. The van der Waals surface area contributed by atoms with E-state index >= 15 is 0 Å². The molecule has 16 heavy (non-hydrogen) atoms. The molecule has 90 valence electrons. The van der Waals surface area contributed by atoms with Crippen LogP contribution < -0.4 is 5.32 Å². The molecule has 1 amide bonds. The number of aryl methyl sites for hydroxylation is 1. The topological polar surface area (TPSA) is 56.2 Å². The lowest BCUT2D eigenvalue weighted by Gasteiger charge is -2.19. The van der Waals surface area contributed by atoms with E-state index in [1.54, 1.807) is 4.68 Å². The third-order valence-corrected chi connectivity index (χ3v) is 2.43. The van der Waals surface area contributed by atoms with Crippen LogP contribution in [0.1, 0.15) is 26.5 Å². The van der Waals surface area contributed by atoms with Gasteiger partial charge in [-0.1, -0.05) is 0 Å². The van der Waals surface area contributed by atoms with E-state index in [0.29, 0.717) is 6.54 Å². The molecule has 0 saturated carbocycles. The molecule has 0 radical (unpaired) electrons. The summed E-state index contributed by atoms with van der Waals surface area (Å²) in [5.74, 6) is 0. The fraction of sp³-hybridized carbons (Fsp3) is 0.600. The minimum Gasteiger partial charge on any atom is -0.444 e. The van der Waals surface area contributed by atoms with Gasteiger partial charge in [0.15, 0.2) is 0 Å². The quantitative estimate of drug-likeness (QED) is 0.908. The van der Waals surface area contributed by atoms with Gasteiger partial charge in [0.05, 0.1) is 12.2 Å². The first-order valence-electron chi connectivity index (χ1n) is 4.93. The van der Waals surface area contributed by atoms with Crippen molar-refractivity contribution in [3.8, 4) is 0 Å². The summed E-state index contributed by atoms with van der Waals surface area (Å²) in [5, 5.41) is 6.82. The Morgan fingerprint density at radius 3 is 2.69 bits per heavy atom. The Morgan fingerprint density at radius 1 is 1.62 bits per heavy atom. The molecule has 0 aliphatic carbocycles. The van der Waals surface area contributed by atoms with Crippen LogP contribution in [0.5, 0.6) is 0 Å². The van der Waals surface area contributed by atoms with Crippen LogP contribution in [-0.2, 0) is 18.3 Å². The second kappa shape index (κ2) is 4.86. The molecule has 0 fully saturated rings. The summed E-state index contributed by atoms with van der Waals surface area (Å²) in [6, 6.07) is 1.84. The molecule has 0 aliphatic rings. The van der Waals surface area contributed by atoms with Crippen molar-refractivity contribution >= 4 is 22.0 Å². The van der Waals surface area contributed by atoms with E-state index in [1.165, 1.54) is 0 Å². The molecule has 6 heteroatoms. The molecular weight excluding hydrogens is 274 g/mol. The van der Waals surface area contributed by atoms with Gasteiger partial charge < -0.3 is 10.1 Å². The van der Waals surface area contributed by atoms with E-state index in [1.807, 2.05) is 33.9 Å². The number of hydrogen-bond donors (Lipinski definition) is 1. The van der Waals surface area contributed by atoms with Crippen molar-refractivity contribution < 1.29 is 9.53 Å². The highest BCUT2D eigenvalue weighted by Crippen LogP contribution is 2.10. The summed E-state index contributed by atoms with van der Waals surface area (Å²) in [6.45, 7) is 5.83. The third-order valence-electron chi connectivity index (χ3n) is 1.69. The molecule has 5 nitrogen and oxygen atoms in total. The van der Waals surface area contributed by atoms with E-state index in [9.17, 15) is 4.79 Å². The lowest BCUT2D eigenvalue weighted by molar-refractivity contribution is 0.0523. The number of carbonyl (C=O) groups excluding carboxylic acids is 1. The zero-order valence-corrected chi connectivity index (χ0v) is 11.5. The Morgan fingerprint density at radius 2 is 2.25 bits per heavy atom. The van der Waals surface area contributed by atoms with Crippen molar-refractivity contribution in [2.24, 2.45) is 7.05 Å². The van der Waals surface area contributed by atoms with Crippen LogP contribution in [0.2, 0.25) is 0 Å². The van der Waals surface area contributed by atoms with Gasteiger partial charge in [-0.3, -0.25) is 4.68 Å². The number of rotatable bonds is 2. The largest absolute Gasteiger partial charge is 0.444 e. The van der Waals surface area contributed by atoms with Crippen molar-refractivity contribution in [3.05, 3.63) is 16.4 Å². The number of carbonyl (C=O) groups is 1. The standard InChI is InChI=1S/C10H16BrN3O2/c1-10(2,3)16-9(15)12-6-7-5-8(11)14(4)13-7/h5H,6H2,1-4H3,(H,12,15). The molecule has 0 aromatic carbocycles. The maximum absolute atomic E-state index is 11.3. The number of nitrogens with one attached hydrogen (secondary N) is 1. The van der Waals surface area contributed by atoms with Gasteiger partial charge >= 0.3 is 6.09 Å². The van der Waals surface area contributed by atoms with Crippen LogP contribution in [0, 0.1) is 0 Å². The molecule has 0 spiro atoms. The van der Waals surface area contributed by atoms with Crippen molar-refractivity contribution in [1.29, 1.82) is 0 Å². The maximum Gasteiger partial charge on any atom is 0.407 e. The van der Waals surface area contributed by atoms with E-state index in [0.717, 1.165) is 10.3 Å². The molecule has 0 atom stereocenters. The van der Waals surface area contributed by atoms with E-state index < -0.39 is 11.7 Å². The zero-order chi connectivity index (χ0) is 12.3. The maximum atomic E-state index is 11.3. The lowest BCUT2D eigenvalue weighted by atomic mass is 10.2. The number of ether oxygens (including phenoxy) is 1. The van der Waals surface area contributed by atoms with Gasteiger partial charge in [0.2, 0.25) is 0 Å². The number of hydrogen-bond acceptors (Lipinski definition) is 3. The highest BCUT2D eigenvalue weighted by Gasteiger charge is 2.16. The molecule has 0 bridgehead atoms. The Kier molecular flexibility index (Phi) is 3.96. The first-order valence-corrected chi connectivity index (χ1v) is 5.72. The van der Waals surface area contributed by atoms with E-state index in [2.05, 4.69) is 26.3 Å². The first-order chi connectivity index (χ1) is 7.28. The highest BCUT2D eigenvalue weighted by atomic mass is 79.9. The Balaban J connectivity index is 2.43. The summed E-state index contributed by atoms with van der Waals surface area (Å²) in [6.07, 6.45) is -0.436. The van der Waals surface area contributed by atoms with E-state index in [4.69, 9.17) is 4.74 Å². The highest BCUT2D eigenvalue weighted by molar-refractivity contribution is 9.10. The van der Waals surface area contributed by atoms with Crippen LogP contribution in [0.15, 0.2) is 10.7 Å². The molecular formula is C10H16BrN3O2. The van der Waals surface area contributed by atoms with Gasteiger partial charge in [-0.2, -0.15) is 5.10 Å². The molecule has 1 heterocycles. The van der Waals surface area contributed by atoms with Gasteiger partial charge in [-0.15, -0.1) is 0 Å². The van der Waals surface area contributed by atoms with Gasteiger partial charge in [0.1, 0.15) is 10.2 Å². The zero-order valence-electron chi connectivity index (χ0n) is 9.87. The van der Waals surface area contributed by atoms with Crippen LogP contribution in [0.4, 0.5) is 4.79 Å². The molecule has 0 aliphatic heterocycles. The Labute approximate surface area is 103 Å². The number of alkyl carbamates (subject to hydrolysis) is 1. The summed E-state index contributed by atoms with van der Waals surface area (Å²) in [7, 11) is 1.82. The third kappa shape index (κ3) is 4.22. The number of aromatic nitrogens is 2. The molecule has 0 unspecified atom stereocenters.